The van der Waals surface area contributed by atoms with E-state index in [0.717, 1.165) is 5.56 Å². The van der Waals surface area contributed by atoms with E-state index >= 15 is 0 Å². The van der Waals surface area contributed by atoms with Crippen LogP contribution in [0.4, 0.5) is 4.39 Å². The Morgan fingerprint density at radius 2 is 1.77 bits per heavy atom. The van der Waals surface area contributed by atoms with Crippen molar-refractivity contribution in [3.8, 4) is 0 Å². The number of primary amides is 1. The van der Waals surface area contributed by atoms with Gasteiger partial charge in [0.15, 0.2) is 5.78 Å². The number of aromatic nitrogens is 3. The van der Waals surface area contributed by atoms with Crippen molar-refractivity contribution in [1.82, 2.24) is 24.3 Å². The number of nitrogens with zero attached hydrogens (tertiary/aromatic N) is 5. The summed E-state index contributed by atoms with van der Waals surface area (Å²) in [5.74, 6) is -1.21. The third-order valence-electron chi connectivity index (χ3n) is 6.26. The molecule has 1 aromatic carbocycles. The van der Waals surface area contributed by atoms with Crippen LogP contribution in [0.2, 0.25) is 0 Å². The first-order chi connectivity index (χ1) is 16.8. The fourth-order valence-corrected chi connectivity index (χ4v) is 4.27. The van der Waals surface area contributed by atoms with E-state index in [1.165, 1.54) is 30.7 Å². The van der Waals surface area contributed by atoms with Gasteiger partial charge in [0.05, 0.1) is 24.0 Å². The first-order valence-corrected chi connectivity index (χ1v) is 11.4. The van der Waals surface area contributed by atoms with Crippen molar-refractivity contribution >= 4 is 17.6 Å². The molecular weight excluding hydrogens is 451 g/mol. The van der Waals surface area contributed by atoms with Crippen LogP contribution in [0.1, 0.15) is 42.6 Å². The van der Waals surface area contributed by atoms with Crippen LogP contribution in [0, 0.1) is 12.7 Å². The zero-order valence-electron chi connectivity index (χ0n) is 19.5. The minimum Gasteiger partial charge on any atom is -0.366 e. The number of benzene rings is 1. The zero-order valence-corrected chi connectivity index (χ0v) is 19.5. The molecule has 0 aliphatic carbocycles. The standard InChI is InChI=1S/C25H27FN6O3/c1-17-20(24(27)34)14-22(32(17)9-6-18-2-4-19(26)5-3-18)23(33)16-30-10-12-31(13-11-30)25(35)21-15-28-7-8-29-21/h2-5,7-8,14-15H,6,9-13,16H2,1H3,(H2,27,34). The number of carbonyl (C=O) groups is 3. The average molecular weight is 479 g/mol. The van der Waals surface area contributed by atoms with E-state index in [-0.39, 0.29) is 24.1 Å². The maximum absolute atomic E-state index is 13.3. The molecule has 0 bridgehead atoms. The minimum absolute atomic E-state index is 0.131. The van der Waals surface area contributed by atoms with Crippen LogP contribution in [0.25, 0.3) is 0 Å². The second-order valence-electron chi connectivity index (χ2n) is 8.50. The molecule has 0 radical (unpaired) electrons. The maximum Gasteiger partial charge on any atom is 0.274 e. The summed E-state index contributed by atoms with van der Waals surface area (Å²) in [6.07, 6.45) is 5.01. The number of hydrogen-bond acceptors (Lipinski definition) is 6. The molecule has 4 rings (SSSR count). The molecule has 10 heteroatoms. The Hall–Kier alpha value is -3.92. The van der Waals surface area contributed by atoms with Gasteiger partial charge in [-0.2, -0.15) is 0 Å². The number of nitrogens with two attached hydrogens (primary N) is 1. The van der Waals surface area contributed by atoms with E-state index in [1.807, 2.05) is 4.90 Å². The Kier molecular flexibility index (Phi) is 7.31. The Balaban J connectivity index is 1.42. The third kappa shape index (κ3) is 5.60. The van der Waals surface area contributed by atoms with Crippen LogP contribution in [-0.2, 0) is 13.0 Å². The molecule has 1 aliphatic rings. The minimum atomic E-state index is -0.590. The van der Waals surface area contributed by atoms with E-state index in [1.54, 1.807) is 34.6 Å². The summed E-state index contributed by atoms with van der Waals surface area (Å²) in [6, 6.07) is 7.75. The van der Waals surface area contributed by atoms with Crippen molar-refractivity contribution in [2.45, 2.75) is 19.9 Å². The molecule has 2 N–H and O–H groups in total. The molecule has 2 aromatic heterocycles. The van der Waals surface area contributed by atoms with E-state index in [9.17, 15) is 18.8 Å². The molecule has 1 saturated heterocycles. The highest BCUT2D eigenvalue weighted by atomic mass is 19.1. The lowest BCUT2D eigenvalue weighted by Crippen LogP contribution is -2.50. The number of amides is 2. The predicted molar refractivity (Wildman–Crippen MR) is 126 cm³/mol. The topological polar surface area (TPSA) is 114 Å². The number of piperazine rings is 1. The molecule has 1 fully saturated rings. The van der Waals surface area contributed by atoms with Crippen LogP contribution in [0.3, 0.4) is 0 Å². The van der Waals surface area contributed by atoms with Gasteiger partial charge in [-0.05, 0) is 37.1 Å². The molecule has 3 heterocycles. The molecule has 0 saturated carbocycles. The van der Waals surface area contributed by atoms with Gasteiger partial charge < -0.3 is 15.2 Å². The Labute approximate surface area is 202 Å². The fraction of sp³-hybridized carbons (Fsp3) is 0.320. The van der Waals surface area contributed by atoms with Gasteiger partial charge in [-0.1, -0.05) is 12.1 Å². The van der Waals surface area contributed by atoms with Crippen LogP contribution in [0.15, 0.2) is 48.9 Å². The van der Waals surface area contributed by atoms with Crippen LogP contribution in [0.5, 0.6) is 0 Å². The average Bonchev–Trinajstić information content (AvgIpc) is 3.20. The highest BCUT2D eigenvalue weighted by molar-refractivity contribution is 6.01. The van der Waals surface area contributed by atoms with Gasteiger partial charge in [0, 0.05) is 50.8 Å². The summed E-state index contributed by atoms with van der Waals surface area (Å²) in [5, 5.41) is 0. The SMILES string of the molecule is Cc1c(C(N)=O)cc(C(=O)CN2CCN(C(=O)c3cnccn3)CC2)n1CCc1ccc(F)cc1. The molecule has 35 heavy (non-hydrogen) atoms. The summed E-state index contributed by atoms with van der Waals surface area (Å²) in [7, 11) is 0. The Morgan fingerprint density at radius 1 is 1.06 bits per heavy atom. The normalized spacial score (nSPS) is 14.2. The number of ketones is 1. The first kappa shape index (κ1) is 24.2. The van der Waals surface area contributed by atoms with Crippen molar-refractivity contribution < 1.29 is 18.8 Å². The van der Waals surface area contributed by atoms with E-state index in [4.69, 9.17) is 5.73 Å². The van der Waals surface area contributed by atoms with Gasteiger partial charge in [0.1, 0.15) is 11.5 Å². The lowest BCUT2D eigenvalue weighted by Gasteiger charge is -2.34. The number of rotatable bonds is 8. The molecule has 1 aliphatic heterocycles. The largest absolute Gasteiger partial charge is 0.366 e. The molecule has 182 valence electrons. The lowest BCUT2D eigenvalue weighted by molar-refractivity contribution is 0.0617. The number of aryl methyl sites for hydroxylation is 1. The van der Waals surface area contributed by atoms with Crippen molar-refractivity contribution in [3.05, 3.63) is 82.9 Å². The number of carbonyl (C=O) groups excluding carboxylic acids is 3. The highest BCUT2D eigenvalue weighted by Crippen LogP contribution is 2.18. The van der Waals surface area contributed by atoms with E-state index in [0.29, 0.717) is 61.8 Å². The first-order valence-electron chi connectivity index (χ1n) is 11.4. The molecule has 9 nitrogen and oxygen atoms in total. The molecule has 0 spiro atoms. The van der Waals surface area contributed by atoms with Crippen molar-refractivity contribution in [1.29, 1.82) is 0 Å². The van der Waals surface area contributed by atoms with Crippen molar-refractivity contribution in [2.75, 3.05) is 32.7 Å². The van der Waals surface area contributed by atoms with E-state index < -0.39 is 5.91 Å². The predicted octanol–water partition coefficient (Wildman–Crippen LogP) is 1.71. The van der Waals surface area contributed by atoms with Gasteiger partial charge in [-0.15, -0.1) is 0 Å². The van der Waals surface area contributed by atoms with Gasteiger partial charge in [-0.3, -0.25) is 24.3 Å². The quantitative estimate of drug-likeness (QED) is 0.493. The highest BCUT2D eigenvalue weighted by Gasteiger charge is 2.26. The number of halogens is 1. The van der Waals surface area contributed by atoms with Crippen LogP contribution >= 0.6 is 0 Å². The summed E-state index contributed by atoms with van der Waals surface area (Å²) >= 11 is 0. The summed E-state index contributed by atoms with van der Waals surface area (Å²) in [4.78, 5) is 49.4. The number of Topliss-reactive ketones (excluding diaryl/α,β-unsaturated/α-hetero) is 1. The van der Waals surface area contributed by atoms with Gasteiger partial charge in [0.25, 0.3) is 11.8 Å². The summed E-state index contributed by atoms with van der Waals surface area (Å²) < 4.78 is 15.0. The molecular formula is C25H27FN6O3. The van der Waals surface area contributed by atoms with Crippen LogP contribution < -0.4 is 5.73 Å². The molecule has 3 aromatic rings. The smallest absolute Gasteiger partial charge is 0.274 e. The summed E-state index contributed by atoms with van der Waals surface area (Å²) in [6.45, 7) is 4.39. The maximum atomic E-state index is 13.3. The second kappa shape index (κ2) is 10.6. The Bertz CT molecular complexity index is 1220. The van der Waals surface area contributed by atoms with Crippen molar-refractivity contribution in [3.63, 3.8) is 0 Å². The zero-order chi connectivity index (χ0) is 24.9. The second-order valence-corrected chi connectivity index (χ2v) is 8.50. The summed E-state index contributed by atoms with van der Waals surface area (Å²) in [5.41, 5.74) is 8.10. The number of hydrogen-bond donors (Lipinski definition) is 1. The Morgan fingerprint density at radius 3 is 2.40 bits per heavy atom. The molecule has 2 amide bonds. The van der Waals surface area contributed by atoms with E-state index in [2.05, 4.69) is 9.97 Å². The monoisotopic (exact) mass is 478 g/mol. The van der Waals surface area contributed by atoms with Gasteiger partial charge in [0.2, 0.25) is 0 Å². The molecule has 0 atom stereocenters. The van der Waals surface area contributed by atoms with Gasteiger partial charge >= 0.3 is 0 Å². The lowest BCUT2D eigenvalue weighted by atomic mass is 10.1. The molecule has 0 unspecified atom stereocenters. The van der Waals surface area contributed by atoms with Crippen molar-refractivity contribution in [2.24, 2.45) is 5.73 Å². The fourth-order valence-electron chi connectivity index (χ4n) is 4.27. The third-order valence-corrected chi connectivity index (χ3v) is 6.26. The van der Waals surface area contributed by atoms with Gasteiger partial charge in [-0.25, -0.2) is 9.37 Å². The van der Waals surface area contributed by atoms with Crippen LogP contribution in [-0.4, -0.2) is 74.7 Å².